The van der Waals surface area contributed by atoms with Crippen LogP contribution < -0.4 is 0 Å². The van der Waals surface area contributed by atoms with Gasteiger partial charge in [-0.2, -0.15) is 0 Å². The molecule has 0 N–H and O–H groups in total. The summed E-state index contributed by atoms with van der Waals surface area (Å²) in [6.07, 6.45) is 36.0. The first-order chi connectivity index (χ1) is 31.5. The van der Waals surface area contributed by atoms with E-state index in [1.165, 1.54) is 101 Å². The molecule has 0 saturated carbocycles. The molecule has 5 aliphatic carbocycles. The summed E-state index contributed by atoms with van der Waals surface area (Å²) in [6.45, 7) is 4.84. The lowest BCUT2D eigenvalue weighted by Crippen LogP contribution is -2.42. The van der Waals surface area contributed by atoms with Gasteiger partial charge in [0.15, 0.2) is 0 Å². The first-order valence-corrected chi connectivity index (χ1v) is 24.0. The van der Waals surface area contributed by atoms with Crippen molar-refractivity contribution < 1.29 is 0 Å². The Labute approximate surface area is 379 Å². The van der Waals surface area contributed by atoms with E-state index < -0.39 is 0 Å². The average molecular weight is 825 g/mol. The van der Waals surface area contributed by atoms with Crippen molar-refractivity contribution in [3.8, 4) is 33.4 Å². The molecule has 0 heterocycles. The summed E-state index contributed by atoms with van der Waals surface area (Å²) >= 11 is 0. The summed E-state index contributed by atoms with van der Waals surface area (Å²) in [7, 11) is 0. The van der Waals surface area contributed by atoms with Gasteiger partial charge in [0.05, 0.1) is 0 Å². The first-order valence-electron chi connectivity index (χ1n) is 24.0. The van der Waals surface area contributed by atoms with Gasteiger partial charge in [0.1, 0.15) is 0 Å². The molecule has 12 rings (SSSR count). The van der Waals surface area contributed by atoms with Crippen molar-refractivity contribution in [3.05, 3.63) is 222 Å². The average Bonchev–Trinajstić information content (AvgIpc) is 3.60. The molecule has 0 spiro atoms. The highest BCUT2D eigenvalue weighted by molar-refractivity contribution is 6.25. The molecule has 0 radical (unpaired) electrons. The Bertz CT molecular complexity index is 3240. The Balaban J connectivity index is 1.09. The molecule has 0 bridgehead atoms. The predicted octanol–water partition coefficient (Wildman–Crippen LogP) is 17.6. The lowest BCUT2D eigenvalue weighted by Gasteiger charge is -2.51. The van der Waals surface area contributed by atoms with Crippen LogP contribution in [0.5, 0.6) is 0 Å². The minimum atomic E-state index is -0.126. The SMILES string of the molecule is CC1(C)c2ccccc2-c2c1cc(-c1c3ccccc3c(-c3ccccc3)c3ccc(C4=CC=C(C(C5=CC=CCC5)(C5C=CC=CC5)C5CC=CCC5)CC4)cc13)c1ccccc21. The van der Waals surface area contributed by atoms with E-state index in [-0.39, 0.29) is 10.8 Å². The van der Waals surface area contributed by atoms with E-state index in [0.29, 0.717) is 11.8 Å². The number of fused-ring (bicyclic) bond motifs is 7. The van der Waals surface area contributed by atoms with Crippen LogP contribution in [0.1, 0.15) is 81.9 Å². The third-order valence-electron chi connectivity index (χ3n) is 16.0. The van der Waals surface area contributed by atoms with Crippen LogP contribution in [0.25, 0.3) is 71.3 Å². The summed E-state index contributed by atoms with van der Waals surface area (Å²) in [5.74, 6) is 1.08. The van der Waals surface area contributed by atoms with Gasteiger partial charge in [0.2, 0.25) is 0 Å². The lowest BCUT2D eigenvalue weighted by molar-refractivity contribution is 0.166. The smallest absolute Gasteiger partial charge is 0.0224 e. The molecule has 0 aliphatic heterocycles. The van der Waals surface area contributed by atoms with Gasteiger partial charge in [-0.05, 0) is 163 Å². The molecule has 0 nitrogen and oxygen atoms in total. The van der Waals surface area contributed by atoms with Crippen LogP contribution in [0.2, 0.25) is 0 Å². The number of rotatable bonds is 7. The zero-order valence-electron chi connectivity index (χ0n) is 37.3. The normalized spacial score (nSPS) is 20.8. The van der Waals surface area contributed by atoms with Crippen LogP contribution in [0, 0.1) is 17.3 Å². The molecule has 0 saturated heterocycles. The van der Waals surface area contributed by atoms with Crippen molar-refractivity contribution in [2.75, 3.05) is 0 Å². The summed E-state index contributed by atoms with van der Waals surface area (Å²) in [5.41, 5.74) is 16.8. The third kappa shape index (κ3) is 6.02. The van der Waals surface area contributed by atoms with E-state index in [0.717, 1.165) is 38.5 Å². The third-order valence-corrected chi connectivity index (χ3v) is 16.0. The molecule has 0 aromatic heterocycles. The monoisotopic (exact) mass is 824 g/mol. The van der Waals surface area contributed by atoms with Crippen molar-refractivity contribution in [3.63, 3.8) is 0 Å². The van der Waals surface area contributed by atoms with Gasteiger partial charge in [-0.3, -0.25) is 0 Å². The van der Waals surface area contributed by atoms with E-state index in [1.807, 2.05) is 0 Å². The number of hydrogen-bond donors (Lipinski definition) is 0. The molecule has 3 unspecified atom stereocenters. The molecule has 7 aromatic carbocycles. The van der Waals surface area contributed by atoms with E-state index in [2.05, 4.69) is 208 Å². The van der Waals surface area contributed by atoms with Gasteiger partial charge in [-0.25, -0.2) is 0 Å². The molecule has 0 fully saturated rings. The van der Waals surface area contributed by atoms with Crippen molar-refractivity contribution in [1.29, 1.82) is 0 Å². The van der Waals surface area contributed by atoms with Crippen molar-refractivity contribution >= 4 is 37.9 Å². The van der Waals surface area contributed by atoms with Crippen molar-refractivity contribution in [2.45, 2.75) is 70.6 Å². The quantitative estimate of drug-likeness (QED) is 0.111. The highest BCUT2D eigenvalue weighted by atomic mass is 14.5. The van der Waals surface area contributed by atoms with Crippen LogP contribution in [0.3, 0.4) is 0 Å². The van der Waals surface area contributed by atoms with Crippen molar-refractivity contribution in [1.82, 2.24) is 0 Å². The Hall–Kier alpha value is -6.50. The van der Waals surface area contributed by atoms with Crippen LogP contribution in [-0.4, -0.2) is 0 Å². The Morgan fingerprint density at radius 3 is 1.94 bits per heavy atom. The number of hydrogen-bond acceptors (Lipinski definition) is 0. The maximum Gasteiger partial charge on any atom is 0.0224 e. The second-order valence-electron chi connectivity index (χ2n) is 19.5. The number of benzene rings is 7. The lowest BCUT2D eigenvalue weighted by atomic mass is 9.52. The summed E-state index contributed by atoms with van der Waals surface area (Å²) < 4.78 is 0. The zero-order chi connectivity index (χ0) is 42.8. The van der Waals surface area contributed by atoms with Crippen molar-refractivity contribution in [2.24, 2.45) is 17.3 Å². The molecule has 7 aromatic rings. The topological polar surface area (TPSA) is 0 Å². The maximum absolute atomic E-state index is 2.59. The fraction of sp³-hybridized carbons (Fsp3) is 0.219. The van der Waals surface area contributed by atoms with E-state index in [9.17, 15) is 0 Å². The van der Waals surface area contributed by atoms with E-state index >= 15 is 0 Å². The first kappa shape index (κ1) is 39.1. The standard InChI is InChI=1S/C64H56/c1-63(2)58-34-20-19-33-55(58)62-51-30-16-15-29-50(51)57(42-59(62)63)61-53-32-18-17-31-52(53)60(44-21-7-3-8-22-44)54-40-37-45(41-56(54)61)43-35-38-49(39-36-43)64(46-23-9-4-10-24-46,47-25-11-5-12-26-47)48-27-13-6-14-28-48/h3-11,13,15-23,25,29-35,37-38,40-42,46,48H,12,14,24,26-28,36,39H2,1-2H3. The molecular weight excluding hydrogens is 769 g/mol. The van der Waals surface area contributed by atoms with E-state index in [4.69, 9.17) is 0 Å². The van der Waals surface area contributed by atoms with Crippen LogP contribution in [0.15, 0.2) is 205 Å². The highest BCUT2D eigenvalue weighted by Crippen LogP contribution is 2.59. The minimum absolute atomic E-state index is 0.0287. The van der Waals surface area contributed by atoms with Gasteiger partial charge in [-0.1, -0.05) is 207 Å². The van der Waals surface area contributed by atoms with Crippen LogP contribution in [0.4, 0.5) is 0 Å². The van der Waals surface area contributed by atoms with Gasteiger partial charge in [0.25, 0.3) is 0 Å². The molecule has 312 valence electrons. The Morgan fingerprint density at radius 1 is 0.469 bits per heavy atom. The molecule has 3 atom stereocenters. The largest absolute Gasteiger partial charge is 0.0885 e. The van der Waals surface area contributed by atoms with Gasteiger partial charge >= 0.3 is 0 Å². The second kappa shape index (κ2) is 15.6. The maximum atomic E-state index is 2.59. The summed E-state index contributed by atoms with van der Waals surface area (Å²) in [5, 5.41) is 7.89. The van der Waals surface area contributed by atoms with E-state index in [1.54, 1.807) is 11.1 Å². The molecule has 0 amide bonds. The van der Waals surface area contributed by atoms with Gasteiger partial charge in [0, 0.05) is 10.8 Å². The van der Waals surface area contributed by atoms with Crippen LogP contribution in [-0.2, 0) is 5.41 Å². The molecule has 64 heavy (non-hydrogen) atoms. The fourth-order valence-corrected chi connectivity index (χ4v) is 13.1. The molecule has 0 heteroatoms. The second-order valence-corrected chi connectivity index (χ2v) is 19.5. The molecular formula is C64H56. The highest BCUT2D eigenvalue weighted by Gasteiger charge is 2.49. The van der Waals surface area contributed by atoms with Gasteiger partial charge < -0.3 is 0 Å². The fourth-order valence-electron chi connectivity index (χ4n) is 13.1. The zero-order valence-corrected chi connectivity index (χ0v) is 37.3. The molecule has 5 aliphatic rings. The minimum Gasteiger partial charge on any atom is -0.0885 e. The summed E-state index contributed by atoms with van der Waals surface area (Å²) in [6, 6.07) is 48.6. The van der Waals surface area contributed by atoms with Crippen LogP contribution >= 0.6 is 0 Å². The predicted molar refractivity (Wildman–Crippen MR) is 274 cm³/mol. The van der Waals surface area contributed by atoms with Gasteiger partial charge in [-0.15, -0.1) is 0 Å². The number of allylic oxidation sites excluding steroid dienone is 14. The Kier molecular flexibility index (Phi) is 9.56. The summed E-state index contributed by atoms with van der Waals surface area (Å²) in [4.78, 5) is 0. The Morgan fingerprint density at radius 2 is 1.20 bits per heavy atom.